The zero-order valence-corrected chi connectivity index (χ0v) is 18.6. The number of phenols is 1. The molecule has 1 aliphatic carbocycles. The number of benzene rings is 2. The smallest absolute Gasteiger partial charge is 0.243 e. The van der Waals surface area contributed by atoms with Gasteiger partial charge in [0, 0.05) is 5.92 Å². The van der Waals surface area contributed by atoms with Crippen LogP contribution in [0.5, 0.6) is 11.5 Å². The number of phenolic OH excluding ortho intramolecular Hbond substituents is 1. The molecule has 2 aromatic carbocycles. The standard InChI is InChI=1S/C22H25IN2O3/c1-22(2,3)15-7-5-14(6-8-15)16-11-17(16)21(27)25-24-12-13-9-18(23)20(26)19(10-13)28-4/h5-10,12,16-17,26H,11H2,1-4H3,(H,25,27)/b24-12-/t16-,17+/m1/s1. The molecule has 0 saturated heterocycles. The van der Waals surface area contributed by atoms with Crippen LogP contribution >= 0.6 is 22.6 Å². The summed E-state index contributed by atoms with van der Waals surface area (Å²) in [6.45, 7) is 6.58. The lowest BCUT2D eigenvalue weighted by molar-refractivity contribution is -0.122. The highest BCUT2D eigenvalue weighted by atomic mass is 127. The second-order valence-corrected chi connectivity index (χ2v) is 9.27. The summed E-state index contributed by atoms with van der Waals surface area (Å²) in [7, 11) is 1.50. The van der Waals surface area contributed by atoms with Crippen molar-refractivity contribution in [3.05, 3.63) is 56.7 Å². The molecule has 3 rings (SSSR count). The molecule has 0 bridgehead atoms. The third-order valence-corrected chi connectivity index (χ3v) is 5.81. The van der Waals surface area contributed by atoms with E-state index >= 15 is 0 Å². The maximum Gasteiger partial charge on any atom is 0.243 e. The highest BCUT2D eigenvalue weighted by molar-refractivity contribution is 14.1. The van der Waals surface area contributed by atoms with Crippen molar-refractivity contribution in [3.8, 4) is 11.5 Å². The summed E-state index contributed by atoms with van der Waals surface area (Å²) in [5.41, 5.74) is 5.99. The Bertz CT molecular complexity index is 901. The maximum absolute atomic E-state index is 12.4. The second kappa shape index (κ2) is 8.11. The van der Waals surface area contributed by atoms with E-state index in [0.717, 1.165) is 12.0 Å². The fourth-order valence-electron chi connectivity index (χ4n) is 3.16. The van der Waals surface area contributed by atoms with Gasteiger partial charge in [-0.2, -0.15) is 5.10 Å². The van der Waals surface area contributed by atoms with E-state index < -0.39 is 0 Å². The molecule has 6 heteroatoms. The molecule has 1 saturated carbocycles. The van der Waals surface area contributed by atoms with E-state index in [1.165, 1.54) is 18.2 Å². The van der Waals surface area contributed by atoms with E-state index in [2.05, 4.69) is 55.6 Å². The minimum Gasteiger partial charge on any atom is -0.504 e. The van der Waals surface area contributed by atoms with E-state index in [0.29, 0.717) is 9.32 Å². The quantitative estimate of drug-likeness (QED) is 0.366. The van der Waals surface area contributed by atoms with Crippen LogP contribution in [0.15, 0.2) is 41.5 Å². The molecule has 28 heavy (non-hydrogen) atoms. The maximum atomic E-state index is 12.4. The Morgan fingerprint density at radius 1 is 1.29 bits per heavy atom. The number of nitrogens with one attached hydrogen (secondary N) is 1. The summed E-state index contributed by atoms with van der Waals surface area (Å²) in [4.78, 5) is 12.4. The molecule has 2 atom stereocenters. The summed E-state index contributed by atoms with van der Waals surface area (Å²) >= 11 is 2.02. The normalized spacial score (nSPS) is 18.9. The Morgan fingerprint density at radius 3 is 2.57 bits per heavy atom. The minimum atomic E-state index is -0.0680. The van der Waals surface area contributed by atoms with Gasteiger partial charge in [0.25, 0.3) is 0 Å². The van der Waals surface area contributed by atoms with Crippen molar-refractivity contribution < 1.29 is 14.6 Å². The van der Waals surface area contributed by atoms with Gasteiger partial charge in [-0.3, -0.25) is 4.79 Å². The van der Waals surface area contributed by atoms with E-state index in [9.17, 15) is 9.90 Å². The number of rotatable bonds is 5. The predicted molar refractivity (Wildman–Crippen MR) is 119 cm³/mol. The molecule has 1 aliphatic rings. The monoisotopic (exact) mass is 492 g/mol. The van der Waals surface area contributed by atoms with Gasteiger partial charge in [-0.1, -0.05) is 45.0 Å². The number of amides is 1. The Balaban J connectivity index is 1.58. The highest BCUT2D eigenvalue weighted by Crippen LogP contribution is 2.47. The first-order chi connectivity index (χ1) is 13.2. The lowest BCUT2D eigenvalue weighted by atomic mass is 9.86. The fourth-order valence-corrected chi connectivity index (χ4v) is 3.79. The van der Waals surface area contributed by atoms with Crippen LogP contribution in [0.1, 0.15) is 49.8 Å². The van der Waals surface area contributed by atoms with Crippen LogP contribution in [0, 0.1) is 9.49 Å². The SMILES string of the molecule is COc1cc(/C=N\NC(=O)[C@H]2C[C@@H]2c2ccc(C(C)(C)C)cc2)cc(I)c1O. The Morgan fingerprint density at radius 2 is 1.96 bits per heavy atom. The number of hydrazone groups is 1. The van der Waals surface area contributed by atoms with Crippen LogP contribution < -0.4 is 10.2 Å². The van der Waals surface area contributed by atoms with Crippen LogP contribution in [0.3, 0.4) is 0 Å². The molecular formula is C22H25IN2O3. The van der Waals surface area contributed by atoms with Gasteiger partial charge in [0.2, 0.25) is 5.91 Å². The molecule has 1 fully saturated rings. The number of carbonyl (C=O) groups excluding carboxylic acids is 1. The molecule has 1 amide bonds. The third-order valence-electron chi connectivity index (χ3n) is 4.99. The number of nitrogens with zero attached hydrogens (tertiary/aromatic N) is 1. The van der Waals surface area contributed by atoms with Crippen LogP contribution in [0.4, 0.5) is 0 Å². The fraction of sp³-hybridized carbons (Fsp3) is 0.364. The molecular weight excluding hydrogens is 467 g/mol. The largest absolute Gasteiger partial charge is 0.504 e. The third kappa shape index (κ3) is 4.66. The van der Waals surface area contributed by atoms with Crippen molar-refractivity contribution in [1.29, 1.82) is 0 Å². The molecule has 2 N–H and O–H groups in total. The molecule has 2 aromatic rings. The van der Waals surface area contributed by atoms with Crippen molar-refractivity contribution in [2.24, 2.45) is 11.0 Å². The highest BCUT2D eigenvalue weighted by Gasteiger charge is 2.44. The number of halogens is 1. The van der Waals surface area contributed by atoms with Crippen molar-refractivity contribution in [1.82, 2.24) is 5.43 Å². The number of ether oxygens (including phenoxy) is 1. The van der Waals surface area contributed by atoms with Gasteiger partial charge in [0.15, 0.2) is 11.5 Å². The first-order valence-electron chi connectivity index (χ1n) is 9.20. The van der Waals surface area contributed by atoms with Gasteiger partial charge in [-0.25, -0.2) is 5.43 Å². The van der Waals surface area contributed by atoms with Crippen LogP contribution in [0.2, 0.25) is 0 Å². The van der Waals surface area contributed by atoms with E-state index in [4.69, 9.17) is 4.74 Å². The lowest BCUT2D eigenvalue weighted by Gasteiger charge is -2.19. The second-order valence-electron chi connectivity index (χ2n) is 8.11. The summed E-state index contributed by atoms with van der Waals surface area (Å²) < 4.78 is 5.79. The predicted octanol–water partition coefficient (Wildman–Crippen LogP) is 4.56. The average molecular weight is 492 g/mol. The zero-order valence-electron chi connectivity index (χ0n) is 16.5. The molecule has 0 radical (unpaired) electrons. The van der Waals surface area contributed by atoms with Crippen molar-refractivity contribution in [3.63, 3.8) is 0 Å². The Kier molecular flexibility index (Phi) is 5.98. The van der Waals surface area contributed by atoms with E-state index in [1.54, 1.807) is 18.3 Å². The molecule has 0 aromatic heterocycles. The van der Waals surface area contributed by atoms with E-state index in [-0.39, 0.29) is 28.9 Å². The summed E-state index contributed by atoms with van der Waals surface area (Å²) in [5.74, 6) is 0.635. The van der Waals surface area contributed by atoms with Crippen LogP contribution in [-0.4, -0.2) is 24.3 Å². The number of aromatic hydroxyl groups is 1. The first-order valence-corrected chi connectivity index (χ1v) is 10.3. The van der Waals surface area contributed by atoms with Crippen LogP contribution in [0.25, 0.3) is 0 Å². The van der Waals surface area contributed by atoms with Crippen molar-refractivity contribution >= 4 is 34.7 Å². The molecule has 0 unspecified atom stereocenters. The summed E-state index contributed by atoms with van der Waals surface area (Å²) in [6.07, 6.45) is 2.40. The van der Waals surface area contributed by atoms with E-state index in [1.807, 2.05) is 22.6 Å². The van der Waals surface area contributed by atoms with Gasteiger partial charge in [-0.15, -0.1) is 0 Å². The Labute approximate surface area is 179 Å². The zero-order chi connectivity index (χ0) is 20.5. The number of hydrogen-bond donors (Lipinski definition) is 2. The minimum absolute atomic E-state index is 0.0351. The molecule has 5 nitrogen and oxygen atoms in total. The number of carbonyl (C=O) groups is 1. The molecule has 0 spiro atoms. The van der Waals surface area contributed by atoms with Gasteiger partial charge in [0.05, 0.1) is 16.9 Å². The van der Waals surface area contributed by atoms with Gasteiger partial charge in [0.1, 0.15) is 0 Å². The van der Waals surface area contributed by atoms with Crippen LogP contribution in [-0.2, 0) is 10.2 Å². The molecule has 0 aliphatic heterocycles. The molecule has 0 heterocycles. The lowest BCUT2D eigenvalue weighted by Crippen LogP contribution is -2.20. The topological polar surface area (TPSA) is 70.9 Å². The number of methoxy groups -OCH3 is 1. The summed E-state index contributed by atoms with van der Waals surface area (Å²) in [5, 5.41) is 13.9. The van der Waals surface area contributed by atoms with Gasteiger partial charge < -0.3 is 9.84 Å². The first kappa shape index (κ1) is 20.6. The molecule has 148 valence electrons. The Hall–Kier alpha value is -2.09. The average Bonchev–Trinajstić information content (AvgIpc) is 3.44. The summed E-state index contributed by atoms with van der Waals surface area (Å²) in [6, 6.07) is 12.0. The van der Waals surface area contributed by atoms with Gasteiger partial charge >= 0.3 is 0 Å². The number of hydrogen-bond acceptors (Lipinski definition) is 4. The van der Waals surface area contributed by atoms with Gasteiger partial charge in [-0.05, 0) is 69.2 Å². The van der Waals surface area contributed by atoms with Crippen molar-refractivity contribution in [2.75, 3.05) is 7.11 Å². The van der Waals surface area contributed by atoms with Crippen molar-refractivity contribution in [2.45, 2.75) is 38.5 Å².